The highest BCUT2D eigenvalue weighted by Gasteiger charge is 2.15. The monoisotopic (exact) mass is 362 g/mol. The van der Waals surface area contributed by atoms with Crippen molar-refractivity contribution in [1.82, 2.24) is 4.72 Å². The predicted octanol–water partition coefficient (Wildman–Crippen LogP) is 2.48. The zero-order chi connectivity index (χ0) is 18.4. The Morgan fingerprint density at radius 2 is 1.80 bits per heavy atom. The van der Waals surface area contributed by atoms with Gasteiger partial charge in [0.25, 0.3) is 5.91 Å². The highest BCUT2D eigenvalue weighted by atomic mass is 32.2. The molecule has 0 atom stereocenters. The Balaban J connectivity index is 2.01. The van der Waals surface area contributed by atoms with E-state index in [9.17, 15) is 13.2 Å². The molecule has 0 saturated heterocycles. The largest absolute Gasteiger partial charge is 0.484 e. The minimum Gasteiger partial charge on any atom is -0.484 e. The maximum atomic E-state index is 12.0. The van der Waals surface area contributed by atoms with Crippen LogP contribution in [0.15, 0.2) is 47.4 Å². The number of rotatable bonds is 7. The molecule has 2 aromatic rings. The van der Waals surface area contributed by atoms with Crippen LogP contribution < -0.4 is 14.8 Å². The number of sulfonamides is 1. The van der Waals surface area contributed by atoms with E-state index in [1.165, 1.54) is 18.7 Å². The van der Waals surface area contributed by atoms with Gasteiger partial charge in [-0.25, -0.2) is 13.1 Å². The first-order valence-corrected chi connectivity index (χ1v) is 9.40. The Hall–Kier alpha value is -2.38. The number of carbonyl (C=O) groups excluding carboxylic acids is 1. The van der Waals surface area contributed by atoms with Gasteiger partial charge < -0.3 is 10.1 Å². The first kappa shape index (κ1) is 19.0. The third kappa shape index (κ3) is 5.04. The summed E-state index contributed by atoms with van der Waals surface area (Å²) in [5, 5.41) is 2.64. The van der Waals surface area contributed by atoms with E-state index in [1.807, 2.05) is 24.3 Å². The second-order valence-electron chi connectivity index (χ2n) is 5.52. The lowest BCUT2D eigenvalue weighted by molar-refractivity contribution is -0.118. The molecule has 0 saturated carbocycles. The van der Waals surface area contributed by atoms with Crippen LogP contribution in [-0.2, 0) is 21.2 Å². The van der Waals surface area contributed by atoms with Crippen molar-refractivity contribution in [2.45, 2.75) is 25.2 Å². The molecule has 0 bridgehead atoms. The number of anilines is 1. The Kier molecular flexibility index (Phi) is 6.17. The van der Waals surface area contributed by atoms with Gasteiger partial charge in [-0.2, -0.15) is 0 Å². The van der Waals surface area contributed by atoms with Crippen LogP contribution in [0.2, 0.25) is 0 Å². The van der Waals surface area contributed by atoms with Crippen LogP contribution in [0.3, 0.4) is 0 Å². The zero-order valence-electron chi connectivity index (χ0n) is 14.5. The summed E-state index contributed by atoms with van der Waals surface area (Å²) in [4.78, 5) is 12.2. The molecule has 1 amide bonds. The molecule has 0 radical (unpaired) electrons. The van der Waals surface area contributed by atoms with Crippen LogP contribution in [0.5, 0.6) is 5.75 Å². The Morgan fingerprint density at radius 3 is 2.40 bits per heavy atom. The average molecular weight is 362 g/mol. The van der Waals surface area contributed by atoms with E-state index in [-0.39, 0.29) is 17.4 Å². The fourth-order valence-corrected chi connectivity index (χ4v) is 3.24. The molecule has 134 valence electrons. The quantitative estimate of drug-likeness (QED) is 0.792. The van der Waals surface area contributed by atoms with E-state index < -0.39 is 10.0 Å². The molecule has 0 spiro atoms. The number of hydrogen-bond donors (Lipinski definition) is 2. The zero-order valence-corrected chi connectivity index (χ0v) is 15.3. The molecule has 6 nitrogen and oxygen atoms in total. The van der Waals surface area contributed by atoms with Crippen molar-refractivity contribution in [2.24, 2.45) is 0 Å². The number of ether oxygens (including phenoxy) is 1. The first-order valence-electron chi connectivity index (χ1n) is 7.91. The molecule has 2 N–H and O–H groups in total. The number of nitrogens with one attached hydrogen (secondary N) is 2. The minimum atomic E-state index is -3.58. The minimum absolute atomic E-state index is 0.129. The second kappa shape index (κ2) is 8.13. The SMILES string of the molecule is CCc1ccc(OCC(=O)Nc2ccc(C)c(S(=O)(=O)NC)c2)cc1. The molecule has 7 heteroatoms. The second-order valence-corrected chi connectivity index (χ2v) is 7.38. The predicted molar refractivity (Wildman–Crippen MR) is 97.4 cm³/mol. The summed E-state index contributed by atoms with van der Waals surface area (Å²) in [6.07, 6.45) is 0.937. The summed E-state index contributed by atoms with van der Waals surface area (Å²) in [5.74, 6) is 0.242. The summed E-state index contributed by atoms with van der Waals surface area (Å²) in [5.41, 5.74) is 2.18. The first-order chi connectivity index (χ1) is 11.9. The third-order valence-electron chi connectivity index (χ3n) is 3.73. The Bertz CT molecular complexity index is 846. The Morgan fingerprint density at radius 1 is 1.12 bits per heavy atom. The van der Waals surface area contributed by atoms with Crippen LogP contribution in [0, 0.1) is 6.92 Å². The lowest BCUT2D eigenvalue weighted by Gasteiger charge is -2.11. The van der Waals surface area contributed by atoms with Gasteiger partial charge in [-0.1, -0.05) is 25.1 Å². The molecular weight excluding hydrogens is 340 g/mol. The van der Waals surface area contributed by atoms with Gasteiger partial charge in [0.15, 0.2) is 6.61 Å². The molecule has 0 heterocycles. The molecule has 0 aliphatic heterocycles. The Labute approximate surface area is 148 Å². The van der Waals surface area contributed by atoms with Crippen molar-refractivity contribution in [3.63, 3.8) is 0 Å². The van der Waals surface area contributed by atoms with E-state index >= 15 is 0 Å². The van der Waals surface area contributed by atoms with Gasteiger partial charge in [-0.15, -0.1) is 0 Å². The van der Waals surface area contributed by atoms with Crippen molar-refractivity contribution in [1.29, 1.82) is 0 Å². The summed E-state index contributed by atoms with van der Waals surface area (Å²) < 4.78 is 31.7. The van der Waals surface area contributed by atoms with E-state index in [0.717, 1.165) is 6.42 Å². The molecule has 2 rings (SSSR count). The third-order valence-corrected chi connectivity index (χ3v) is 5.29. The molecular formula is C18H22N2O4S. The van der Waals surface area contributed by atoms with Crippen molar-refractivity contribution in [3.8, 4) is 5.75 Å². The van der Waals surface area contributed by atoms with Crippen molar-refractivity contribution in [3.05, 3.63) is 53.6 Å². The van der Waals surface area contributed by atoms with Crippen LogP contribution in [0.1, 0.15) is 18.1 Å². The normalized spacial score (nSPS) is 11.2. The number of hydrogen-bond acceptors (Lipinski definition) is 4. The number of amides is 1. The highest BCUT2D eigenvalue weighted by molar-refractivity contribution is 7.89. The van der Waals surface area contributed by atoms with E-state index in [4.69, 9.17) is 4.74 Å². The molecule has 2 aromatic carbocycles. The summed E-state index contributed by atoms with van der Waals surface area (Å²) in [7, 11) is -2.24. The molecule has 0 aromatic heterocycles. The number of aryl methyl sites for hydroxylation is 2. The van der Waals surface area contributed by atoms with Crippen molar-refractivity contribution in [2.75, 3.05) is 19.0 Å². The van der Waals surface area contributed by atoms with Gasteiger partial charge in [0.05, 0.1) is 4.90 Å². The fourth-order valence-electron chi connectivity index (χ4n) is 2.24. The molecule has 0 aliphatic carbocycles. The van der Waals surface area contributed by atoms with Crippen LogP contribution in [0.4, 0.5) is 5.69 Å². The average Bonchev–Trinajstić information content (AvgIpc) is 2.62. The number of benzene rings is 2. The van der Waals surface area contributed by atoms with Crippen LogP contribution >= 0.6 is 0 Å². The van der Waals surface area contributed by atoms with Gasteiger partial charge in [0.2, 0.25) is 10.0 Å². The van der Waals surface area contributed by atoms with Gasteiger partial charge in [-0.05, 0) is 55.8 Å². The maximum absolute atomic E-state index is 12.0. The van der Waals surface area contributed by atoms with E-state index in [0.29, 0.717) is 17.0 Å². The van der Waals surface area contributed by atoms with E-state index in [2.05, 4.69) is 17.0 Å². The maximum Gasteiger partial charge on any atom is 0.262 e. The molecule has 0 fully saturated rings. The smallest absolute Gasteiger partial charge is 0.262 e. The highest BCUT2D eigenvalue weighted by Crippen LogP contribution is 2.20. The topological polar surface area (TPSA) is 84.5 Å². The van der Waals surface area contributed by atoms with Crippen molar-refractivity contribution >= 4 is 21.6 Å². The number of carbonyl (C=O) groups is 1. The van der Waals surface area contributed by atoms with Gasteiger partial charge in [0.1, 0.15) is 5.75 Å². The standard InChI is InChI=1S/C18H22N2O4S/c1-4-14-6-9-16(10-7-14)24-12-18(21)20-15-8-5-13(2)17(11-15)25(22,23)19-3/h5-11,19H,4,12H2,1-3H3,(H,20,21). The van der Waals surface area contributed by atoms with E-state index in [1.54, 1.807) is 19.1 Å². The lowest BCUT2D eigenvalue weighted by atomic mass is 10.2. The summed E-state index contributed by atoms with van der Waals surface area (Å²) >= 11 is 0. The van der Waals surface area contributed by atoms with Crippen molar-refractivity contribution < 1.29 is 17.9 Å². The molecule has 0 unspecified atom stereocenters. The van der Waals surface area contributed by atoms with Crippen LogP contribution in [0.25, 0.3) is 0 Å². The lowest BCUT2D eigenvalue weighted by Crippen LogP contribution is -2.22. The summed E-state index contributed by atoms with van der Waals surface area (Å²) in [6, 6.07) is 12.2. The molecule has 25 heavy (non-hydrogen) atoms. The molecule has 0 aliphatic rings. The fraction of sp³-hybridized carbons (Fsp3) is 0.278. The van der Waals surface area contributed by atoms with Crippen LogP contribution in [-0.4, -0.2) is 28.0 Å². The summed E-state index contributed by atoms with van der Waals surface area (Å²) in [6.45, 7) is 3.60. The van der Waals surface area contributed by atoms with Gasteiger partial charge >= 0.3 is 0 Å². The van der Waals surface area contributed by atoms with Gasteiger partial charge in [0, 0.05) is 5.69 Å². The van der Waals surface area contributed by atoms with Gasteiger partial charge in [-0.3, -0.25) is 4.79 Å².